The molecule has 1 amide bonds. The van der Waals surface area contributed by atoms with Gasteiger partial charge >= 0.3 is 0 Å². The van der Waals surface area contributed by atoms with Gasteiger partial charge in [0.15, 0.2) is 0 Å². The topological polar surface area (TPSA) is 102 Å². The van der Waals surface area contributed by atoms with E-state index in [9.17, 15) is 14.0 Å². The lowest BCUT2D eigenvalue weighted by Gasteiger charge is -2.34. The van der Waals surface area contributed by atoms with E-state index >= 15 is 0 Å². The molecule has 6 rings (SSSR count). The van der Waals surface area contributed by atoms with Crippen molar-refractivity contribution in [1.29, 1.82) is 0 Å². The zero-order valence-corrected chi connectivity index (χ0v) is 21.4. The minimum atomic E-state index is -0.355. The second kappa shape index (κ2) is 10.2. The maximum atomic E-state index is 13.2. The zero-order valence-electron chi connectivity index (χ0n) is 21.4. The van der Waals surface area contributed by atoms with Crippen molar-refractivity contribution in [2.75, 3.05) is 43.4 Å². The van der Waals surface area contributed by atoms with E-state index in [1.807, 2.05) is 12.1 Å². The van der Waals surface area contributed by atoms with Gasteiger partial charge in [-0.2, -0.15) is 5.10 Å². The quantitative estimate of drug-likeness (QED) is 0.312. The van der Waals surface area contributed by atoms with Gasteiger partial charge in [-0.25, -0.2) is 4.39 Å². The van der Waals surface area contributed by atoms with Gasteiger partial charge in [-0.05, 0) is 55.1 Å². The third-order valence-electron chi connectivity index (χ3n) is 7.08. The number of carbonyl (C=O) groups is 1. The molecule has 0 aliphatic carbocycles. The van der Waals surface area contributed by atoms with Gasteiger partial charge in [0.25, 0.3) is 11.5 Å². The summed E-state index contributed by atoms with van der Waals surface area (Å²) in [4.78, 5) is 36.3. The normalized spacial score (nSPS) is 14.2. The highest BCUT2D eigenvalue weighted by Gasteiger charge is 2.16. The van der Waals surface area contributed by atoms with Gasteiger partial charge in [-0.3, -0.25) is 14.3 Å². The van der Waals surface area contributed by atoms with Gasteiger partial charge in [-0.1, -0.05) is 12.1 Å². The lowest BCUT2D eigenvalue weighted by atomic mass is 10.1. The predicted octanol–water partition coefficient (Wildman–Crippen LogP) is 3.91. The zero-order chi connectivity index (χ0) is 26.9. The van der Waals surface area contributed by atoms with Gasteiger partial charge in [0.05, 0.1) is 35.2 Å². The van der Waals surface area contributed by atoms with Crippen LogP contribution >= 0.6 is 0 Å². The van der Waals surface area contributed by atoms with Crippen molar-refractivity contribution in [2.45, 2.75) is 6.54 Å². The van der Waals surface area contributed by atoms with Crippen molar-refractivity contribution in [2.24, 2.45) is 0 Å². The summed E-state index contributed by atoms with van der Waals surface area (Å²) < 4.78 is 14.8. The molecule has 0 atom stereocenters. The minimum Gasteiger partial charge on any atom is -0.369 e. The number of carbonyl (C=O) groups excluding carboxylic acids is 1. The van der Waals surface area contributed by atoms with Gasteiger partial charge in [0.1, 0.15) is 5.82 Å². The number of likely N-dealkylation sites (N-methyl/N-ethyl adjacent to an activating group) is 1. The Hall–Kier alpha value is -4.70. The molecule has 0 unspecified atom stereocenters. The highest BCUT2D eigenvalue weighted by Crippen LogP contribution is 2.28. The molecule has 1 aliphatic rings. The number of nitrogens with one attached hydrogen (secondary N) is 3. The number of amides is 1. The highest BCUT2D eigenvalue weighted by atomic mass is 19.1. The van der Waals surface area contributed by atoms with Crippen LogP contribution in [-0.2, 0) is 6.54 Å². The first kappa shape index (κ1) is 24.6. The molecule has 3 N–H and O–H groups in total. The summed E-state index contributed by atoms with van der Waals surface area (Å²) in [6.07, 6.45) is 4.57. The standard InChI is InChI=1S/C29H28FN7O2/c1-35-8-10-36(11-9-35)24-6-7-26-20(12-24)13-27(34-26)25-14-23(16-31-29(25)39)33-28(38)21-15-32-37(18-21)17-19-2-4-22(30)5-3-19/h2-7,12-16,18,34H,8-11,17H2,1H3,(H,31,39)(H,33,38). The first-order chi connectivity index (χ1) is 18.9. The summed E-state index contributed by atoms with van der Waals surface area (Å²) in [5.74, 6) is -0.658. The van der Waals surface area contributed by atoms with E-state index in [2.05, 4.69) is 49.4 Å². The van der Waals surface area contributed by atoms with Crippen molar-refractivity contribution in [3.05, 3.63) is 100 Å². The number of hydrogen-bond donors (Lipinski definition) is 3. The van der Waals surface area contributed by atoms with Crippen LogP contribution in [0, 0.1) is 5.82 Å². The van der Waals surface area contributed by atoms with Crippen molar-refractivity contribution >= 4 is 28.2 Å². The van der Waals surface area contributed by atoms with E-state index < -0.39 is 0 Å². The largest absolute Gasteiger partial charge is 0.369 e. The van der Waals surface area contributed by atoms with Gasteiger partial charge in [0.2, 0.25) is 0 Å². The Morgan fingerprint density at radius 3 is 2.64 bits per heavy atom. The van der Waals surface area contributed by atoms with Crippen molar-refractivity contribution in [3.63, 3.8) is 0 Å². The third kappa shape index (κ3) is 5.32. The van der Waals surface area contributed by atoms with Crippen molar-refractivity contribution < 1.29 is 9.18 Å². The molecule has 0 bridgehead atoms. The van der Waals surface area contributed by atoms with E-state index in [1.54, 1.807) is 29.1 Å². The number of hydrogen-bond acceptors (Lipinski definition) is 5. The second-order valence-electron chi connectivity index (χ2n) is 9.88. The van der Waals surface area contributed by atoms with Crippen LogP contribution in [0.4, 0.5) is 15.8 Å². The number of nitrogens with zero attached hydrogens (tertiary/aromatic N) is 4. The number of piperazine rings is 1. The average Bonchev–Trinajstić information content (AvgIpc) is 3.58. The Kier molecular flexibility index (Phi) is 6.45. The molecular formula is C29H28FN7O2. The molecule has 0 spiro atoms. The number of halogens is 1. The van der Waals surface area contributed by atoms with E-state index in [4.69, 9.17) is 0 Å². The molecule has 3 aromatic heterocycles. The summed E-state index contributed by atoms with van der Waals surface area (Å²) in [6.45, 7) is 4.42. The van der Waals surface area contributed by atoms with E-state index in [-0.39, 0.29) is 17.3 Å². The Balaban J connectivity index is 1.19. The van der Waals surface area contributed by atoms with Crippen LogP contribution in [-0.4, -0.2) is 63.8 Å². The number of H-pyrrole nitrogens is 2. The molecule has 0 saturated carbocycles. The van der Waals surface area contributed by atoms with Gasteiger partial charge in [0, 0.05) is 55.2 Å². The number of rotatable bonds is 6. The smallest absolute Gasteiger partial charge is 0.258 e. The Morgan fingerprint density at radius 2 is 1.85 bits per heavy atom. The first-order valence-corrected chi connectivity index (χ1v) is 12.8. The average molecular weight is 526 g/mol. The maximum Gasteiger partial charge on any atom is 0.258 e. The van der Waals surface area contributed by atoms with E-state index in [0.717, 1.165) is 48.3 Å². The second-order valence-corrected chi connectivity index (χ2v) is 9.88. The summed E-state index contributed by atoms with van der Waals surface area (Å²) in [7, 11) is 2.14. The highest BCUT2D eigenvalue weighted by molar-refractivity contribution is 6.04. The number of aromatic nitrogens is 4. The van der Waals surface area contributed by atoms with Gasteiger partial charge < -0.3 is 25.1 Å². The molecular weight excluding hydrogens is 497 g/mol. The molecule has 2 aromatic carbocycles. The van der Waals surface area contributed by atoms with Crippen molar-refractivity contribution in [3.8, 4) is 11.3 Å². The molecule has 1 fully saturated rings. The lowest BCUT2D eigenvalue weighted by Crippen LogP contribution is -2.44. The SMILES string of the molecule is CN1CCN(c2ccc3[nH]c(-c4cc(NC(=O)c5cnn(Cc6ccc(F)cc6)c5)c[nH]c4=O)cc3c2)CC1. The molecule has 1 aliphatic heterocycles. The lowest BCUT2D eigenvalue weighted by molar-refractivity contribution is 0.102. The Labute approximate surface area is 223 Å². The number of benzene rings is 2. The molecule has 198 valence electrons. The summed E-state index contributed by atoms with van der Waals surface area (Å²) in [5, 5.41) is 8.09. The summed E-state index contributed by atoms with van der Waals surface area (Å²) >= 11 is 0. The first-order valence-electron chi connectivity index (χ1n) is 12.8. The predicted molar refractivity (Wildman–Crippen MR) is 150 cm³/mol. The molecule has 4 heterocycles. The number of fused-ring (bicyclic) bond motifs is 1. The summed E-state index contributed by atoms with van der Waals surface area (Å²) in [6, 6.07) is 16.0. The maximum absolute atomic E-state index is 13.2. The summed E-state index contributed by atoms with van der Waals surface area (Å²) in [5.41, 5.74) is 4.63. The van der Waals surface area contributed by atoms with Crippen LogP contribution < -0.4 is 15.8 Å². The van der Waals surface area contributed by atoms with Crippen LogP contribution in [0.5, 0.6) is 0 Å². The number of pyridine rings is 1. The minimum absolute atomic E-state index is 0.258. The van der Waals surface area contributed by atoms with E-state index in [0.29, 0.717) is 29.1 Å². The monoisotopic (exact) mass is 525 g/mol. The van der Waals surface area contributed by atoms with Crippen LogP contribution in [0.15, 0.2) is 78.0 Å². The third-order valence-corrected chi connectivity index (χ3v) is 7.08. The fraction of sp³-hybridized carbons (Fsp3) is 0.207. The molecule has 0 radical (unpaired) electrons. The Bertz CT molecular complexity index is 1690. The van der Waals surface area contributed by atoms with Crippen molar-refractivity contribution in [1.82, 2.24) is 24.6 Å². The molecule has 1 saturated heterocycles. The molecule has 10 heteroatoms. The molecule has 9 nitrogen and oxygen atoms in total. The van der Waals surface area contributed by atoms with Crippen LogP contribution in [0.2, 0.25) is 0 Å². The van der Waals surface area contributed by atoms with Crippen LogP contribution in [0.1, 0.15) is 15.9 Å². The fourth-order valence-corrected chi connectivity index (χ4v) is 4.83. The molecule has 39 heavy (non-hydrogen) atoms. The number of anilines is 2. The van der Waals surface area contributed by atoms with Crippen LogP contribution in [0.3, 0.4) is 0 Å². The molecule has 5 aromatic rings. The van der Waals surface area contributed by atoms with Crippen LogP contribution in [0.25, 0.3) is 22.2 Å². The fourth-order valence-electron chi connectivity index (χ4n) is 4.83. The Morgan fingerprint density at radius 1 is 1.05 bits per heavy atom. The number of aromatic amines is 2. The van der Waals surface area contributed by atoms with Gasteiger partial charge in [-0.15, -0.1) is 0 Å². The van der Waals surface area contributed by atoms with E-state index in [1.165, 1.54) is 24.5 Å².